The topological polar surface area (TPSA) is 42.0 Å². The van der Waals surface area contributed by atoms with Gasteiger partial charge in [0.1, 0.15) is 17.9 Å². The molecule has 0 N–H and O–H groups in total. The highest BCUT2D eigenvalue weighted by Gasteiger charge is 2.38. The number of rotatable bonds is 3. The highest BCUT2D eigenvalue weighted by molar-refractivity contribution is 5.83. The Bertz CT molecular complexity index is 459. The third-order valence-corrected chi connectivity index (χ3v) is 3.89. The number of carbonyl (C=O) groups excluding carboxylic acids is 1. The van der Waals surface area contributed by atoms with E-state index in [1.165, 1.54) is 0 Å². The van der Waals surface area contributed by atoms with Gasteiger partial charge in [-0.1, -0.05) is 18.2 Å². The second kappa shape index (κ2) is 5.81. The lowest BCUT2D eigenvalue weighted by Crippen LogP contribution is -2.62. The van der Waals surface area contributed by atoms with Crippen molar-refractivity contribution in [2.45, 2.75) is 12.1 Å². The first-order valence-corrected chi connectivity index (χ1v) is 7.02. The zero-order valence-electron chi connectivity index (χ0n) is 11.7. The molecule has 0 aliphatic carbocycles. The molecule has 5 nitrogen and oxygen atoms in total. The summed E-state index contributed by atoms with van der Waals surface area (Å²) >= 11 is 0. The summed E-state index contributed by atoms with van der Waals surface area (Å²) in [5, 5.41) is 0. The van der Waals surface area contributed by atoms with Crippen molar-refractivity contribution in [1.82, 2.24) is 9.80 Å². The summed E-state index contributed by atoms with van der Waals surface area (Å²) in [4.78, 5) is 16.3. The van der Waals surface area contributed by atoms with Crippen LogP contribution in [0.15, 0.2) is 30.3 Å². The first kappa shape index (κ1) is 13.4. The molecule has 0 aromatic heterocycles. The van der Waals surface area contributed by atoms with Crippen LogP contribution >= 0.6 is 0 Å². The van der Waals surface area contributed by atoms with Crippen molar-refractivity contribution in [1.29, 1.82) is 0 Å². The number of ether oxygens (including phenoxy) is 2. The minimum absolute atomic E-state index is 0.108. The summed E-state index contributed by atoms with van der Waals surface area (Å²) in [6, 6.07) is 9.60. The largest absolute Gasteiger partial charge is 0.487 e. The van der Waals surface area contributed by atoms with Gasteiger partial charge in [-0.15, -0.1) is 0 Å². The Morgan fingerprint density at radius 3 is 2.75 bits per heavy atom. The van der Waals surface area contributed by atoms with Crippen LogP contribution in [-0.4, -0.2) is 67.7 Å². The van der Waals surface area contributed by atoms with E-state index in [0.29, 0.717) is 26.3 Å². The highest BCUT2D eigenvalue weighted by atomic mass is 16.5. The summed E-state index contributed by atoms with van der Waals surface area (Å²) in [7, 11) is 1.98. The second-order valence-corrected chi connectivity index (χ2v) is 5.37. The Morgan fingerprint density at radius 2 is 2.05 bits per heavy atom. The van der Waals surface area contributed by atoms with E-state index in [1.54, 1.807) is 0 Å². The molecule has 0 radical (unpaired) electrons. The van der Waals surface area contributed by atoms with Gasteiger partial charge in [0, 0.05) is 6.54 Å². The van der Waals surface area contributed by atoms with Crippen LogP contribution in [0.4, 0.5) is 0 Å². The van der Waals surface area contributed by atoms with Gasteiger partial charge in [-0.2, -0.15) is 0 Å². The van der Waals surface area contributed by atoms with Crippen LogP contribution in [-0.2, 0) is 9.53 Å². The number of nitrogens with zero attached hydrogens (tertiary/aromatic N) is 2. The van der Waals surface area contributed by atoms with E-state index in [1.807, 2.05) is 42.3 Å². The number of hydrogen-bond donors (Lipinski definition) is 0. The van der Waals surface area contributed by atoms with Gasteiger partial charge in [0.15, 0.2) is 0 Å². The van der Waals surface area contributed by atoms with Crippen LogP contribution < -0.4 is 4.74 Å². The number of hydrogen-bond acceptors (Lipinski definition) is 4. The van der Waals surface area contributed by atoms with Gasteiger partial charge in [-0.3, -0.25) is 9.69 Å². The van der Waals surface area contributed by atoms with Crippen molar-refractivity contribution >= 4 is 5.91 Å². The van der Waals surface area contributed by atoms with Crippen LogP contribution in [0.25, 0.3) is 0 Å². The molecule has 0 unspecified atom stereocenters. The van der Waals surface area contributed by atoms with E-state index in [2.05, 4.69) is 4.90 Å². The molecule has 0 saturated carbocycles. The Balaban J connectivity index is 1.49. The fraction of sp³-hybridized carbons (Fsp3) is 0.533. The highest BCUT2D eigenvalue weighted by Crippen LogP contribution is 2.19. The summed E-state index contributed by atoms with van der Waals surface area (Å²) < 4.78 is 11.2. The monoisotopic (exact) mass is 276 g/mol. The molecule has 0 spiro atoms. The van der Waals surface area contributed by atoms with Gasteiger partial charge in [0.05, 0.1) is 26.3 Å². The van der Waals surface area contributed by atoms with E-state index in [9.17, 15) is 4.79 Å². The van der Waals surface area contributed by atoms with Crippen LogP contribution in [0, 0.1) is 0 Å². The van der Waals surface area contributed by atoms with Gasteiger partial charge in [0.2, 0.25) is 5.91 Å². The van der Waals surface area contributed by atoms with Crippen molar-refractivity contribution in [3.63, 3.8) is 0 Å². The lowest BCUT2D eigenvalue weighted by Gasteiger charge is -2.43. The average molecular weight is 276 g/mol. The Labute approximate surface area is 119 Å². The zero-order chi connectivity index (χ0) is 13.9. The van der Waals surface area contributed by atoms with Crippen molar-refractivity contribution in [2.24, 2.45) is 0 Å². The van der Waals surface area contributed by atoms with Crippen molar-refractivity contribution < 1.29 is 14.3 Å². The molecule has 2 aliphatic rings. The Kier molecular flexibility index (Phi) is 3.89. The molecule has 0 bridgehead atoms. The molecule has 1 atom stereocenters. The summed E-state index contributed by atoms with van der Waals surface area (Å²) in [5.74, 6) is 1.02. The number of amides is 1. The van der Waals surface area contributed by atoms with E-state index < -0.39 is 0 Å². The van der Waals surface area contributed by atoms with Gasteiger partial charge < -0.3 is 14.4 Å². The fourth-order valence-corrected chi connectivity index (χ4v) is 2.54. The van der Waals surface area contributed by atoms with Gasteiger partial charge >= 0.3 is 0 Å². The molecule has 1 aromatic rings. The van der Waals surface area contributed by atoms with E-state index in [-0.39, 0.29) is 18.1 Å². The molecule has 2 heterocycles. The number of para-hydroxylation sites is 1. The molecule has 2 saturated heterocycles. The van der Waals surface area contributed by atoms with Gasteiger partial charge in [-0.05, 0) is 19.2 Å². The molecule has 20 heavy (non-hydrogen) atoms. The Morgan fingerprint density at radius 1 is 1.30 bits per heavy atom. The molecule has 5 heteroatoms. The van der Waals surface area contributed by atoms with Crippen molar-refractivity contribution in [2.75, 3.05) is 39.9 Å². The fourth-order valence-electron chi connectivity index (χ4n) is 2.54. The minimum Gasteiger partial charge on any atom is -0.487 e. The summed E-state index contributed by atoms with van der Waals surface area (Å²) in [5.41, 5.74) is 0. The predicted molar refractivity (Wildman–Crippen MR) is 74.7 cm³/mol. The third kappa shape index (κ3) is 2.78. The summed E-state index contributed by atoms with van der Waals surface area (Å²) in [6.45, 7) is 3.35. The number of carbonyl (C=O) groups is 1. The number of likely N-dealkylation sites (N-methyl/N-ethyl adjacent to an activating group) is 1. The van der Waals surface area contributed by atoms with Crippen LogP contribution in [0.5, 0.6) is 5.75 Å². The second-order valence-electron chi connectivity index (χ2n) is 5.37. The number of benzene rings is 1. The van der Waals surface area contributed by atoms with E-state index in [4.69, 9.17) is 9.47 Å². The molecule has 108 valence electrons. The smallest absolute Gasteiger partial charge is 0.242 e. The standard InChI is InChI=1S/C15H20N2O3/c1-16-7-8-19-11-14(16)15(18)17-9-13(10-17)20-12-5-3-2-4-6-12/h2-6,13-14H,7-11H2,1H3/t14-/m0/s1. The van der Waals surface area contributed by atoms with Crippen molar-refractivity contribution in [3.8, 4) is 5.75 Å². The van der Waals surface area contributed by atoms with E-state index in [0.717, 1.165) is 12.3 Å². The van der Waals surface area contributed by atoms with Crippen LogP contribution in [0.2, 0.25) is 0 Å². The molecule has 2 fully saturated rings. The van der Waals surface area contributed by atoms with Gasteiger partial charge in [0.25, 0.3) is 0 Å². The first-order chi connectivity index (χ1) is 9.74. The Hall–Kier alpha value is -1.59. The van der Waals surface area contributed by atoms with Crippen molar-refractivity contribution in [3.05, 3.63) is 30.3 Å². The number of likely N-dealkylation sites (tertiary alicyclic amines) is 1. The molecule has 3 rings (SSSR count). The third-order valence-electron chi connectivity index (χ3n) is 3.89. The molecule has 1 aromatic carbocycles. The normalized spacial score (nSPS) is 24.2. The predicted octanol–water partition coefficient (Wildman–Crippen LogP) is 0.607. The lowest BCUT2D eigenvalue weighted by atomic mass is 10.1. The van der Waals surface area contributed by atoms with Gasteiger partial charge in [-0.25, -0.2) is 0 Å². The molecule has 1 amide bonds. The van der Waals surface area contributed by atoms with Crippen LogP contribution in [0.1, 0.15) is 0 Å². The lowest BCUT2D eigenvalue weighted by molar-refractivity contribution is -0.150. The number of morpholine rings is 1. The molecule has 2 aliphatic heterocycles. The maximum atomic E-state index is 12.3. The van der Waals surface area contributed by atoms with Crippen LogP contribution in [0.3, 0.4) is 0 Å². The quantitative estimate of drug-likeness (QED) is 0.811. The molecular formula is C15H20N2O3. The average Bonchev–Trinajstić information content (AvgIpc) is 2.43. The zero-order valence-corrected chi connectivity index (χ0v) is 11.7. The molecular weight excluding hydrogens is 256 g/mol. The maximum absolute atomic E-state index is 12.3. The SMILES string of the molecule is CN1CCOC[C@H]1C(=O)N1CC(Oc2ccccc2)C1. The van der Waals surface area contributed by atoms with E-state index >= 15 is 0 Å². The first-order valence-electron chi connectivity index (χ1n) is 7.02. The summed E-state index contributed by atoms with van der Waals surface area (Å²) in [6.07, 6.45) is 0.108. The minimum atomic E-state index is -0.138. The maximum Gasteiger partial charge on any atom is 0.242 e.